The van der Waals surface area contributed by atoms with E-state index in [1.807, 2.05) is 7.05 Å². The molecule has 0 aliphatic heterocycles. The summed E-state index contributed by atoms with van der Waals surface area (Å²) < 4.78 is 1.88. The first-order valence-corrected chi connectivity index (χ1v) is 5.54. The van der Waals surface area contributed by atoms with Gasteiger partial charge in [-0.15, -0.1) is 0 Å². The van der Waals surface area contributed by atoms with Gasteiger partial charge in [0.2, 0.25) is 0 Å². The van der Waals surface area contributed by atoms with Gasteiger partial charge in [-0.2, -0.15) is 0 Å². The summed E-state index contributed by atoms with van der Waals surface area (Å²) in [5, 5.41) is 13.6. The Morgan fingerprint density at radius 2 is 2.31 bits per heavy atom. The van der Waals surface area contributed by atoms with Gasteiger partial charge < -0.3 is 9.88 Å². The highest BCUT2D eigenvalue weighted by Gasteiger charge is 2.15. The van der Waals surface area contributed by atoms with E-state index in [0.29, 0.717) is 11.0 Å². The fraction of sp³-hybridized carbons (Fsp3) is 0.444. The lowest BCUT2D eigenvalue weighted by Gasteiger charge is -2.05. The Morgan fingerprint density at radius 1 is 1.62 bits per heavy atom. The van der Waals surface area contributed by atoms with Gasteiger partial charge >= 0.3 is 11.2 Å². The Bertz CT molecular complexity index is 444. The zero-order valence-electron chi connectivity index (χ0n) is 8.77. The van der Waals surface area contributed by atoms with Gasteiger partial charge in [-0.1, -0.05) is 0 Å². The van der Waals surface area contributed by atoms with Crippen LogP contribution >= 0.6 is 15.9 Å². The van der Waals surface area contributed by atoms with Crippen LogP contribution < -0.4 is 10.9 Å². The highest BCUT2D eigenvalue weighted by molar-refractivity contribution is 9.10. The van der Waals surface area contributed by atoms with Crippen molar-refractivity contribution < 1.29 is 4.92 Å². The first-order chi connectivity index (χ1) is 7.56. The molecule has 88 valence electrons. The van der Waals surface area contributed by atoms with Crippen LogP contribution in [0.5, 0.6) is 0 Å². The maximum absolute atomic E-state index is 11.6. The van der Waals surface area contributed by atoms with E-state index < -0.39 is 16.2 Å². The molecule has 0 amide bonds. The van der Waals surface area contributed by atoms with E-state index >= 15 is 0 Å². The molecule has 0 saturated carbocycles. The Morgan fingerprint density at radius 3 is 2.88 bits per heavy atom. The van der Waals surface area contributed by atoms with Crippen molar-refractivity contribution in [1.29, 1.82) is 0 Å². The summed E-state index contributed by atoms with van der Waals surface area (Å²) in [4.78, 5) is 21.6. The largest absolute Gasteiger partial charge is 0.335 e. The third-order valence-electron chi connectivity index (χ3n) is 2.06. The van der Waals surface area contributed by atoms with Gasteiger partial charge in [0.05, 0.1) is 4.92 Å². The second-order valence-corrected chi connectivity index (χ2v) is 4.17. The van der Waals surface area contributed by atoms with Crippen LogP contribution in [0.25, 0.3) is 0 Å². The van der Waals surface area contributed by atoms with Crippen LogP contribution in [0.3, 0.4) is 0 Å². The van der Waals surface area contributed by atoms with Gasteiger partial charge in [0.15, 0.2) is 0 Å². The fourth-order valence-electron chi connectivity index (χ4n) is 1.31. The van der Waals surface area contributed by atoms with Crippen LogP contribution in [0.2, 0.25) is 0 Å². The molecule has 7 heteroatoms. The molecule has 1 rings (SSSR count). The molecule has 16 heavy (non-hydrogen) atoms. The Kier molecular flexibility index (Phi) is 4.63. The van der Waals surface area contributed by atoms with E-state index in [4.69, 9.17) is 0 Å². The standard InChI is InChI=1S/C9H12BrN3O3/c1-11-3-2-4-12-6-7(10)5-8(9(12)14)13(15)16/h5-6,11H,2-4H2,1H3. The molecule has 0 fully saturated rings. The predicted octanol–water partition coefficient (Wildman–Crippen LogP) is 1.13. The monoisotopic (exact) mass is 289 g/mol. The van der Waals surface area contributed by atoms with Crippen molar-refractivity contribution in [2.75, 3.05) is 13.6 Å². The number of halogens is 1. The fourth-order valence-corrected chi connectivity index (χ4v) is 1.77. The quantitative estimate of drug-likeness (QED) is 0.501. The lowest BCUT2D eigenvalue weighted by molar-refractivity contribution is -0.386. The summed E-state index contributed by atoms with van der Waals surface area (Å²) in [7, 11) is 1.81. The Hall–Kier alpha value is -1.21. The van der Waals surface area contributed by atoms with Crippen molar-refractivity contribution in [1.82, 2.24) is 9.88 Å². The highest BCUT2D eigenvalue weighted by atomic mass is 79.9. The molecular formula is C9H12BrN3O3. The second kappa shape index (κ2) is 5.76. The van der Waals surface area contributed by atoms with Crippen molar-refractivity contribution in [3.8, 4) is 0 Å². The molecule has 0 atom stereocenters. The zero-order chi connectivity index (χ0) is 12.1. The maximum atomic E-state index is 11.6. The smallest absolute Gasteiger partial charge is 0.320 e. The van der Waals surface area contributed by atoms with Crippen LogP contribution in [-0.2, 0) is 6.54 Å². The summed E-state index contributed by atoms with van der Waals surface area (Å²) >= 11 is 3.14. The molecule has 0 radical (unpaired) electrons. The van der Waals surface area contributed by atoms with Crippen molar-refractivity contribution in [2.24, 2.45) is 0 Å². The molecule has 0 unspecified atom stereocenters. The predicted molar refractivity (Wildman–Crippen MR) is 63.6 cm³/mol. The first-order valence-electron chi connectivity index (χ1n) is 4.75. The summed E-state index contributed by atoms with van der Waals surface area (Å²) in [6.07, 6.45) is 2.30. The van der Waals surface area contributed by atoms with E-state index in [2.05, 4.69) is 21.2 Å². The number of aromatic nitrogens is 1. The van der Waals surface area contributed by atoms with Gasteiger partial charge in [-0.25, -0.2) is 0 Å². The third-order valence-corrected chi connectivity index (χ3v) is 2.49. The van der Waals surface area contributed by atoms with E-state index in [0.717, 1.165) is 13.0 Å². The normalized spacial score (nSPS) is 10.4. The maximum Gasteiger partial charge on any atom is 0.335 e. The average Bonchev–Trinajstić information content (AvgIpc) is 2.22. The molecule has 0 bridgehead atoms. The molecule has 0 saturated heterocycles. The lowest BCUT2D eigenvalue weighted by Crippen LogP contribution is -2.23. The van der Waals surface area contributed by atoms with E-state index in [-0.39, 0.29) is 0 Å². The van der Waals surface area contributed by atoms with Gasteiger partial charge in [-0.3, -0.25) is 14.9 Å². The lowest BCUT2D eigenvalue weighted by atomic mass is 10.3. The van der Waals surface area contributed by atoms with Crippen LogP contribution in [0.4, 0.5) is 5.69 Å². The minimum Gasteiger partial charge on any atom is -0.320 e. The van der Waals surface area contributed by atoms with Crippen molar-refractivity contribution in [3.63, 3.8) is 0 Å². The zero-order valence-corrected chi connectivity index (χ0v) is 10.4. The number of nitrogens with zero attached hydrogens (tertiary/aromatic N) is 2. The minimum absolute atomic E-state index is 0.404. The number of nitrogens with one attached hydrogen (secondary N) is 1. The van der Waals surface area contributed by atoms with E-state index in [1.54, 1.807) is 6.20 Å². The number of rotatable bonds is 5. The molecule has 6 nitrogen and oxygen atoms in total. The van der Waals surface area contributed by atoms with Crippen molar-refractivity contribution in [3.05, 3.63) is 37.2 Å². The number of nitro groups is 1. The van der Waals surface area contributed by atoms with Crippen LogP contribution in [0.15, 0.2) is 21.5 Å². The first kappa shape index (κ1) is 12.9. The number of pyridine rings is 1. The van der Waals surface area contributed by atoms with Crippen LogP contribution in [-0.4, -0.2) is 23.1 Å². The number of hydrogen-bond donors (Lipinski definition) is 1. The van der Waals surface area contributed by atoms with Crippen LogP contribution in [0.1, 0.15) is 6.42 Å². The van der Waals surface area contributed by atoms with Crippen molar-refractivity contribution in [2.45, 2.75) is 13.0 Å². The average molecular weight is 290 g/mol. The molecule has 1 heterocycles. The molecule has 0 aliphatic carbocycles. The van der Waals surface area contributed by atoms with Gasteiger partial charge in [-0.05, 0) is 35.9 Å². The van der Waals surface area contributed by atoms with Crippen LogP contribution in [0, 0.1) is 10.1 Å². The second-order valence-electron chi connectivity index (χ2n) is 3.26. The number of aryl methyl sites for hydroxylation is 1. The summed E-state index contributed by atoms with van der Waals surface area (Å²) in [5.41, 5.74) is -0.969. The highest BCUT2D eigenvalue weighted by Crippen LogP contribution is 2.13. The summed E-state index contributed by atoms with van der Waals surface area (Å²) in [6.45, 7) is 1.21. The molecule has 0 aromatic carbocycles. The minimum atomic E-state index is -0.665. The van der Waals surface area contributed by atoms with Gasteiger partial charge in [0.1, 0.15) is 0 Å². The molecule has 1 aromatic rings. The topological polar surface area (TPSA) is 77.2 Å². The Balaban J connectivity index is 3.00. The van der Waals surface area contributed by atoms with Gasteiger partial charge in [0.25, 0.3) is 0 Å². The number of hydrogen-bond acceptors (Lipinski definition) is 4. The molecule has 1 N–H and O–H groups in total. The van der Waals surface area contributed by atoms with Crippen molar-refractivity contribution >= 4 is 21.6 Å². The summed E-state index contributed by atoms with van der Waals surface area (Å²) in [5.74, 6) is 0. The van der Waals surface area contributed by atoms with E-state index in [1.165, 1.54) is 10.6 Å². The summed E-state index contributed by atoms with van der Waals surface area (Å²) in [6, 6.07) is 1.22. The Labute approximate surface area is 101 Å². The van der Waals surface area contributed by atoms with Gasteiger partial charge in [0, 0.05) is 23.3 Å². The molecule has 0 spiro atoms. The molecular weight excluding hydrogens is 278 g/mol. The molecule has 1 aromatic heterocycles. The SMILES string of the molecule is CNCCCn1cc(Br)cc([N+](=O)[O-])c1=O. The molecule has 0 aliphatic rings. The third kappa shape index (κ3) is 3.14. The van der Waals surface area contributed by atoms with E-state index in [9.17, 15) is 14.9 Å².